The topological polar surface area (TPSA) is 52.3 Å². The number of nitrogens with two attached hydrogens (primary N) is 1. The van der Waals surface area contributed by atoms with Crippen LogP contribution in [-0.4, -0.2) is 18.5 Å². The van der Waals surface area contributed by atoms with Crippen LogP contribution in [0.1, 0.15) is 18.5 Å². The van der Waals surface area contributed by atoms with Crippen molar-refractivity contribution in [1.82, 2.24) is 0 Å². The van der Waals surface area contributed by atoms with E-state index in [-0.39, 0.29) is 24.6 Å². The molecule has 0 aliphatic rings. The van der Waals surface area contributed by atoms with E-state index in [4.69, 9.17) is 5.73 Å². The van der Waals surface area contributed by atoms with Gasteiger partial charge in [-0.15, -0.1) is 12.4 Å². The van der Waals surface area contributed by atoms with Crippen molar-refractivity contribution >= 4 is 29.7 Å². The van der Waals surface area contributed by atoms with Crippen LogP contribution in [0.15, 0.2) is 16.8 Å². The van der Waals surface area contributed by atoms with Gasteiger partial charge in [-0.3, -0.25) is 0 Å². The third kappa shape index (κ3) is 3.13. The normalized spacial score (nSPS) is 12.8. The Balaban J connectivity index is 0.00000225. The number of carbonyl (C=O) groups is 1. The second-order valence-electron chi connectivity index (χ2n) is 2.88. The molecule has 0 unspecified atom stereocenters. The van der Waals surface area contributed by atoms with Crippen molar-refractivity contribution in [2.75, 3.05) is 6.61 Å². The van der Waals surface area contributed by atoms with Gasteiger partial charge in [-0.25, -0.2) is 4.79 Å². The predicted octanol–water partition coefficient (Wildman–Crippen LogP) is 2.37. The number of hydrogen-bond donors (Lipinski definition) is 1. The molecule has 1 rings (SSSR count). The van der Waals surface area contributed by atoms with E-state index in [1.807, 2.05) is 0 Å². The van der Waals surface area contributed by atoms with E-state index in [0.717, 1.165) is 0 Å². The van der Waals surface area contributed by atoms with Gasteiger partial charge in [0.15, 0.2) is 0 Å². The maximum atomic E-state index is 13.4. The molecular weight excluding hydrogens is 260 g/mol. The number of halogens is 3. The highest BCUT2D eigenvalue weighted by Crippen LogP contribution is 2.31. The lowest BCUT2D eigenvalue weighted by Gasteiger charge is -2.20. The third-order valence-electron chi connectivity index (χ3n) is 1.84. The summed E-state index contributed by atoms with van der Waals surface area (Å²) in [6, 6.07) is -0.189. The molecule has 1 atom stereocenters. The number of alkyl halides is 2. The molecule has 0 aromatic carbocycles. The molecule has 0 saturated carbocycles. The number of carbonyl (C=O) groups excluding carboxylic acids is 1. The Morgan fingerprint density at radius 2 is 2.31 bits per heavy atom. The monoisotopic (exact) mass is 271 g/mol. The van der Waals surface area contributed by atoms with Crippen molar-refractivity contribution in [3.05, 3.63) is 22.4 Å². The summed E-state index contributed by atoms with van der Waals surface area (Å²) < 4.78 is 31.0. The van der Waals surface area contributed by atoms with Crippen molar-refractivity contribution in [3.63, 3.8) is 0 Å². The fourth-order valence-electron chi connectivity index (χ4n) is 1.02. The molecule has 0 aliphatic heterocycles. The van der Waals surface area contributed by atoms with Gasteiger partial charge in [0.1, 0.15) is 6.04 Å². The summed E-state index contributed by atoms with van der Waals surface area (Å²) in [4.78, 5) is 11.0. The van der Waals surface area contributed by atoms with E-state index < -0.39 is 17.9 Å². The molecule has 0 amide bonds. The van der Waals surface area contributed by atoms with Gasteiger partial charge in [-0.1, -0.05) is 0 Å². The zero-order valence-electron chi connectivity index (χ0n) is 8.48. The Labute approximate surface area is 102 Å². The Morgan fingerprint density at radius 3 is 2.75 bits per heavy atom. The molecular formula is C9H12ClF2NO2S. The van der Waals surface area contributed by atoms with Gasteiger partial charge < -0.3 is 10.5 Å². The highest BCUT2D eigenvalue weighted by Gasteiger charge is 2.47. The van der Waals surface area contributed by atoms with Gasteiger partial charge in [0.05, 0.1) is 6.61 Å². The van der Waals surface area contributed by atoms with Gasteiger partial charge >= 0.3 is 11.9 Å². The molecule has 2 N–H and O–H groups in total. The Bertz CT molecular complexity index is 332. The van der Waals surface area contributed by atoms with Crippen LogP contribution in [0, 0.1) is 0 Å². The van der Waals surface area contributed by atoms with Crippen molar-refractivity contribution < 1.29 is 18.3 Å². The molecule has 3 nitrogen and oxygen atoms in total. The van der Waals surface area contributed by atoms with Crippen LogP contribution in [-0.2, 0) is 9.53 Å². The largest absolute Gasteiger partial charge is 0.462 e. The van der Waals surface area contributed by atoms with Gasteiger partial charge in [-0.05, 0) is 29.3 Å². The van der Waals surface area contributed by atoms with Crippen LogP contribution in [0.4, 0.5) is 8.78 Å². The quantitative estimate of drug-likeness (QED) is 0.856. The van der Waals surface area contributed by atoms with Crippen LogP contribution in [0.2, 0.25) is 0 Å². The van der Waals surface area contributed by atoms with Crippen LogP contribution in [0.25, 0.3) is 0 Å². The van der Waals surface area contributed by atoms with Crippen LogP contribution in [0.5, 0.6) is 0 Å². The van der Waals surface area contributed by atoms with E-state index in [2.05, 4.69) is 4.74 Å². The molecule has 1 aromatic rings. The maximum absolute atomic E-state index is 13.4. The fraction of sp³-hybridized carbons (Fsp3) is 0.444. The Kier molecular flexibility index (Phi) is 5.85. The van der Waals surface area contributed by atoms with Crippen LogP contribution in [0.3, 0.4) is 0 Å². The smallest absolute Gasteiger partial charge is 0.379 e. The molecule has 7 heteroatoms. The van der Waals surface area contributed by atoms with E-state index in [0.29, 0.717) is 0 Å². The SMILES string of the molecule is CCOC(=O)C(F)(F)[C@@H](N)c1ccsc1.Cl. The summed E-state index contributed by atoms with van der Waals surface area (Å²) in [6.07, 6.45) is 0. The first-order chi connectivity index (χ1) is 7.00. The van der Waals surface area contributed by atoms with Gasteiger partial charge in [0, 0.05) is 0 Å². The molecule has 1 aromatic heterocycles. The Hall–Kier alpha value is -0.720. The van der Waals surface area contributed by atoms with Gasteiger partial charge in [0.25, 0.3) is 0 Å². The highest BCUT2D eigenvalue weighted by molar-refractivity contribution is 7.07. The molecule has 0 spiro atoms. The summed E-state index contributed by atoms with van der Waals surface area (Å²) in [5.74, 6) is -5.26. The van der Waals surface area contributed by atoms with Gasteiger partial charge in [-0.2, -0.15) is 20.1 Å². The summed E-state index contributed by atoms with van der Waals surface area (Å²) in [5, 5.41) is 3.11. The third-order valence-corrected chi connectivity index (χ3v) is 2.54. The van der Waals surface area contributed by atoms with E-state index in [1.165, 1.54) is 29.7 Å². The second kappa shape index (κ2) is 6.12. The molecule has 16 heavy (non-hydrogen) atoms. The second-order valence-corrected chi connectivity index (χ2v) is 3.66. The summed E-state index contributed by atoms with van der Waals surface area (Å²) in [5.41, 5.74) is 5.54. The predicted molar refractivity (Wildman–Crippen MR) is 60.1 cm³/mol. The standard InChI is InChI=1S/C9H11F2NO2S.ClH/c1-2-14-8(13)9(10,11)7(12)6-3-4-15-5-6;/h3-5,7H,2,12H2,1H3;1H/t7-;/m0./s1. The molecule has 0 bridgehead atoms. The molecule has 0 fully saturated rings. The number of hydrogen-bond acceptors (Lipinski definition) is 4. The van der Waals surface area contributed by atoms with Crippen molar-refractivity contribution in [1.29, 1.82) is 0 Å². The average Bonchev–Trinajstić information content (AvgIpc) is 2.69. The van der Waals surface area contributed by atoms with E-state index >= 15 is 0 Å². The molecule has 0 radical (unpaired) electrons. The minimum absolute atomic E-state index is 0. The zero-order chi connectivity index (χ0) is 11.5. The fourth-order valence-corrected chi connectivity index (χ4v) is 1.71. The minimum Gasteiger partial charge on any atom is -0.462 e. The lowest BCUT2D eigenvalue weighted by molar-refractivity contribution is -0.174. The molecule has 0 aliphatic carbocycles. The zero-order valence-corrected chi connectivity index (χ0v) is 10.1. The lowest BCUT2D eigenvalue weighted by atomic mass is 10.1. The van der Waals surface area contributed by atoms with Crippen molar-refractivity contribution in [2.45, 2.75) is 18.9 Å². The first kappa shape index (κ1) is 15.3. The summed E-state index contributed by atoms with van der Waals surface area (Å²) in [7, 11) is 0. The number of rotatable bonds is 4. The lowest BCUT2D eigenvalue weighted by Crippen LogP contribution is -2.41. The first-order valence-electron chi connectivity index (χ1n) is 4.32. The van der Waals surface area contributed by atoms with E-state index in [1.54, 1.807) is 5.38 Å². The Morgan fingerprint density at radius 1 is 1.69 bits per heavy atom. The molecule has 0 saturated heterocycles. The minimum atomic E-state index is -3.68. The number of thiophene rings is 1. The average molecular weight is 272 g/mol. The van der Waals surface area contributed by atoms with Gasteiger partial charge in [0.2, 0.25) is 0 Å². The highest BCUT2D eigenvalue weighted by atomic mass is 35.5. The summed E-state index contributed by atoms with van der Waals surface area (Å²) >= 11 is 1.24. The van der Waals surface area contributed by atoms with Crippen LogP contribution < -0.4 is 5.73 Å². The molecule has 92 valence electrons. The van der Waals surface area contributed by atoms with E-state index in [9.17, 15) is 13.6 Å². The first-order valence-corrected chi connectivity index (χ1v) is 5.27. The van der Waals surface area contributed by atoms with Crippen molar-refractivity contribution in [3.8, 4) is 0 Å². The number of esters is 1. The molecule has 1 heterocycles. The maximum Gasteiger partial charge on any atom is 0.379 e. The number of ether oxygens (including phenoxy) is 1. The van der Waals surface area contributed by atoms with Crippen LogP contribution >= 0.6 is 23.7 Å². The summed E-state index contributed by atoms with van der Waals surface area (Å²) in [6.45, 7) is 1.37. The van der Waals surface area contributed by atoms with Crippen molar-refractivity contribution in [2.24, 2.45) is 5.73 Å².